The van der Waals surface area contributed by atoms with Crippen molar-refractivity contribution in [3.8, 4) is 0 Å². The standard InChI is InChI=1S/2C7H9N.2C2H6.I2/c2*1-6-2-4-7(8)5-3-6;3*1-2/h2*2-5H,8H2,1H3;2*1-2H3;. The molecule has 0 aliphatic rings. The van der Waals surface area contributed by atoms with E-state index in [1.165, 1.54) is 11.1 Å². The number of hydrogen-bond donors (Lipinski definition) is 2. The molecule has 2 rings (SSSR count). The SMILES string of the molecule is CC.CC.Cc1ccc(N)cc1.Cc1ccc(N)cc1.II. The second-order valence-corrected chi connectivity index (χ2v) is 3.82. The summed E-state index contributed by atoms with van der Waals surface area (Å²) < 4.78 is 0. The van der Waals surface area contributed by atoms with Gasteiger partial charge in [-0.15, -0.1) is 0 Å². The van der Waals surface area contributed by atoms with E-state index < -0.39 is 0 Å². The van der Waals surface area contributed by atoms with Crippen LogP contribution in [-0.2, 0) is 0 Å². The molecule has 2 aromatic carbocycles. The van der Waals surface area contributed by atoms with Gasteiger partial charge in [-0.1, -0.05) is 63.1 Å². The second-order valence-electron chi connectivity index (χ2n) is 3.82. The molecular formula is C18H30I2N2. The molecule has 2 nitrogen and oxygen atoms in total. The van der Waals surface area contributed by atoms with Gasteiger partial charge in [-0.2, -0.15) is 0 Å². The summed E-state index contributed by atoms with van der Waals surface area (Å²) in [7, 11) is 0. The molecule has 0 heterocycles. The Kier molecular flexibility index (Phi) is 24.6. The van der Waals surface area contributed by atoms with Crippen molar-refractivity contribution in [3.63, 3.8) is 0 Å². The summed E-state index contributed by atoms with van der Waals surface area (Å²) in [5, 5.41) is 0. The molecule has 0 fully saturated rings. The summed E-state index contributed by atoms with van der Waals surface area (Å²) in [4.78, 5) is 0. The van der Waals surface area contributed by atoms with Crippen molar-refractivity contribution in [3.05, 3.63) is 59.7 Å². The highest BCUT2D eigenvalue weighted by atomic mass is 128. The summed E-state index contributed by atoms with van der Waals surface area (Å²) >= 11 is 4.24. The topological polar surface area (TPSA) is 52.0 Å². The maximum absolute atomic E-state index is 5.43. The molecule has 0 radical (unpaired) electrons. The number of aryl methyl sites for hydroxylation is 2. The Hall–Kier alpha value is -0.500. The van der Waals surface area contributed by atoms with Crippen LogP contribution in [0.4, 0.5) is 11.4 Å². The first kappa shape index (κ1) is 26.4. The predicted octanol–water partition coefficient (Wildman–Crippen LogP) is 6.98. The Morgan fingerprint density at radius 3 is 0.864 bits per heavy atom. The zero-order valence-electron chi connectivity index (χ0n) is 14.5. The predicted molar refractivity (Wildman–Crippen MR) is 122 cm³/mol. The molecule has 0 unspecified atom stereocenters. The zero-order valence-corrected chi connectivity index (χ0v) is 18.8. The van der Waals surface area contributed by atoms with E-state index >= 15 is 0 Å². The first-order chi connectivity index (χ1) is 10.6. The van der Waals surface area contributed by atoms with E-state index in [4.69, 9.17) is 11.5 Å². The molecule has 0 aromatic heterocycles. The van der Waals surface area contributed by atoms with Crippen LogP contribution in [0.2, 0.25) is 0 Å². The number of benzene rings is 2. The van der Waals surface area contributed by atoms with Gasteiger partial charge in [0.1, 0.15) is 0 Å². The fourth-order valence-electron chi connectivity index (χ4n) is 1.13. The van der Waals surface area contributed by atoms with E-state index in [2.05, 4.69) is 37.2 Å². The van der Waals surface area contributed by atoms with Crippen LogP contribution < -0.4 is 11.5 Å². The van der Waals surface area contributed by atoms with Crippen molar-refractivity contribution in [2.24, 2.45) is 0 Å². The van der Waals surface area contributed by atoms with Crippen molar-refractivity contribution < 1.29 is 0 Å². The monoisotopic (exact) mass is 528 g/mol. The smallest absolute Gasteiger partial charge is 0.0314 e. The Balaban J connectivity index is -0.000000246. The van der Waals surface area contributed by atoms with Crippen LogP contribution in [0, 0.1) is 13.8 Å². The molecule has 0 bridgehead atoms. The first-order valence-electron chi connectivity index (χ1n) is 7.36. The number of nitrogens with two attached hydrogens (primary N) is 2. The highest BCUT2D eigenvalue weighted by Gasteiger charge is 1.80. The van der Waals surface area contributed by atoms with Crippen LogP contribution in [0.25, 0.3) is 0 Å². The summed E-state index contributed by atoms with van der Waals surface area (Å²) in [5.41, 5.74) is 15.0. The van der Waals surface area contributed by atoms with Gasteiger partial charge in [-0.3, -0.25) is 0 Å². The van der Waals surface area contributed by atoms with E-state index in [0.29, 0.717) is 0 Å². The first-order valence-corrected chi connectivity index (χ1v) is 13.6. The van der Waals surface area contributed by atoms with Gasteiger partial charge in [0.25, 0.3) is 0 Å². The van der Waals surface area contributed by atoms with Crippen LogP contribution in [0.5, 0.6) is 0 Å². The van der Waals surface area contributed by atoms with Gasteiger partial charge in [0, 0.05) is 48.6 Å². The van der Waals surface area contributed by atoms with Gasteiger partial charge in [-0.25, -0.2) is 0 Å². The van der Waals surface area contributed by atoms with E-state index in [-0.39, 0.29) is 0 Å². The largest absolute Gasteiger partial charge is 0.399 e. The molecule has 126 valence electrons. The molecule has 0 aliphatic carbocycles. The average molecular weight is 528 g/mol. The minimum absolute atomic E-state index is 0.829. The summed E-state index contributed by atoms with van der Waals surface area (Å²) in [6.07, 6.45) is 0. The molecule has 22 heavy (non-hydrogen) atoms. The summed E-state index contributed by atoms with van der Waals surface area (Å²) in [6.45, 7) is 12.1. The van der Waals surface area contributed by atoms with Crippen molar-refractivity contribution in [2.45, 2.75) is 41.5 Å². The number of hydrogen-bond acceptors (Lipinski definition) is 2. The fourth-order valence-corrected chi connectivity index (χ4v) is 1.13. The van der Waals surface area contributed by atoms with E-state index in [0.717, 1.165) is 11.4 Å². The zero-order chi connectivity index (χ0) is 18.0. The molecule has 0 saturated heterocycles. The lowest BCUT2D eigenvalue weighted by atomic mass is 10.2. The van der Waals surface area contributed by atoms with Gasteiger partial charge < -0.3 is 11.5 Å². The third-order valence-corrected chi connectivity index (χ3v) is 2.15. The summed E-state index contributed by atoms with van der Waals surface area (Å²) in [6, 6.07) is 15.6. The molecule has 0 saturated carbocycles. The van der Waals surface area contributed by atoms with E-state index in [1.54, 1.807) is 0 Å². The molecular weight excluding hydrogens is 498 g/mol. The normalized spacial score (nSPS) is 7.45. The van der Waals surface area contributed by atoms with Crippen LogP contribution in [0.3, 0.4) is 0 Å². The van der Waals surface area contributed by atoms with Crippen molar-refractivity contribution in [1.29, 1.82) is 0 Å². The van der Waals surface area contributed by atoms with Crippen molar-refractivity contribution in [2.75, 3.05) is 11.5 Å². The lowest BCUT2D eigenvalue weighted by Gasteiger charge is -1.90. The number of nitrogen functional groups attached to an aromatic ring is 2. The quantitative estimate of drug-likeness (QED) is 0.287. The van der Waals surface area contributed by atoms with Crippen LogP contribution in [0.1, 0.15) is 38.8 Å². The van der Waals surface area contributed by atoms with Gasteiger partial charge in [0.2, 0.25) is 0 Å². The second kappa shape index (κ2) is 20.5. The highest BCUT2D eigenvalue weighted by Crippen LogP contribution is 2.02. The van der Waals surface area contributed by atoms with E-state index in [1.807, 2.05) is 90.1 Å². The fraction of sp³-hybridized carbons (Fsp3) is 0.333. The van der Waals surface area contributed by atoms with E-state index in [9.17, 15) is 0 Å². The molecule has 4 N–H and O–H groups in total. The van der Waals surface area contributed by atoms with Gasteiger partial charge in [0.15, 0.2) is 0 Å². The number of anilines is 2. The Morgan fingerprint density at radius 2 is 0.727 bits per heavy atom. The van der Waals surface area contributed by atoms with Crippen molar-refractivity contribution in [1.82, 2.24) is 0 Å². The number of halogens is 2. The van der Waals surface area contributed by atoms with Gasteiger partial charge in [0.05, 0.1) is 0 Å². The number of rotatable bonds is 0. The minimum atomic E-state index is 0.829. The molecule has 0 spiro atoms. The van der Waals surface area contributed by atoms with Gasteiger partial charge >= 0.3 is 0 Å². The molecule has 0 aliphatic heterocycles. The minimum Gasteiger partial charge on any atom is -0.399 e. The lowest BCUT2D eigenvalue weighted by molar-refractivity contribution is 1.47. The molecule has 2 aromatic rings. The third kappa shape index (κ3) is 17.6. The van der Waals surface area contributed by atoms with Crippen LogP contribution >= 0.6 is 37.2 Å². The lowest BCUT2D eigenvalue weighted by Crippen LogP contribution is -1.81. The Labute approximate surface area is 160 Å². The van der Waals surface area contributed by atoms with Crippen molar-refractivity contribution >= 4 is 48.6 Å². The molecule has 4 heteroatoms. The average Bonchev–Trinajstić information content (AvgIpc) is 2.59. The Bertz CT molecular complexity index is 340. The van der Waals surface area contributed by atoms with Crippen LogP contribution in [0.15, 0.2) is 48.5 Å². The van der Waals surface area contributed by atoms with Gasteiger partial charge in [-0.05, 0) is 38.1 Å². The maximum Gasteiger partial charge on any atom is 0.0314 e. The summed E-state index contributed by atoms with van der Waals surface area (Å²) in [5.74, 6) is 0. The molecule has 0 amide bonds. The third-order valence-electron chi connectivity index (χ3n) is 2.15. The van der Waals surface area contributed by atoms with Crippen LogP contribution in [-0.4, -0.2) is 0 Å². The highest BCUT2D eigenvalue weighted by molar-refractivity contribution is 15.0. The molecule has 0 atom stereocenters. The Morgan fingerprint density at radius 1 is 0.545 bits per heavy atom. The maximum atomic E-state index is 5.43.